The number of aliphatic carboxylic acids is 1. The molecule has 0 N–H and O–H groups in total. The van der Waals surface area contributed by atoms with Crippen molar-refractivity contribution in [2.24, 2.45) is 0 Å². The zero-order valence-corrected chi connectivity index (χ0v) is 14.7. The van der Waals surface area contributed by atoms with Crippen LogP contribution in [0.5, 0.6) is 0 Å². The summed E-state index contributed by atoms with van der Waals surface area (Å²) >= 11 is 12.4. The highest BCUT2D eigenvalue weighted by molar-refractivity contribution is 8.26. The van der Waals surface area contributed by atoms with Crippen molar-refractivity contribution in [2.45, 2.75) is 25.7 Å². The van der Waals surface area contributed by atoms with E-state index in [-0.39, 0.29) is 12.3 Å². The van der Waals surface area contributed by atoms with Gasteiger partial charge in [0.15, 0.2) is 0 Å². The van der Waals surface area contributed by atoms with E-state index in [9.17, 15) is 14.7 Å². The van der Waals surface area contributed by atoms with Crippen molar-refractivity contribution in [3.05, 3.63) is 39.8 Å². The summed E-state index contributed by atoms with van der Waals surface area (Å²) in [6.07, 6.45) is 3.84. The topological polar surface area (TPSA) is 60.4 Å². The Labute approximate surface area is 149 Å². The van der Waals surface area contributed by atoms with Crippen molar-refractivity contribution >= 4 is 57.9 Å². The number of carbonyl (C=O) groups excluding carboxylic acids is 2. The van der Waals surface area contributed by atoms with Crippen LogP contribution in [0.25, 0.3) is 6.08 Å². The van der Waals surface area contributed by atoms with Gasteiger partial charge in [0.2, 0.25) is 0 Å². The monoisotopic (exact) mass is 368 g/mol. The molecule has 0 unspecified atom stereocenters. The minimum absolute atomic E-state index is 0.0505. The van der Waals surface area contributed by atoms with E-state index in [1.54, 1.807) is 23.1 Å². The Morgan fingerprint density at radius 1 is 1.26 bits per heavy atom. The van der Waals surface area contributed by atoms with Gasteiger partial charge in [-0.25, -0.2) is 0 Å². The lowest BCUT2D eigenvalue weighted by atomic mass is 10.2. The van der Waals surface area contributed by atoms with E-state index >= 15 is 0 Å². The molecule has 0 atom stereocenters. The van der Waals surface area contributed by atoms with Crippen molar-refractivity contribution in [3.63, 3.8) is 0 Å². The highest BCUT2D eigenvalue weighted by atomic mass is 35.5. The predicted molar refractivity (Wildman–Crippen MR) is 94.8 cm³/mol. The van der Waals surface area contributed by atoms with Crippen LogP contribution < -0.4 is 5.11 Å². The first-order chi connectivity index (χ1) is 11.0. The Hall–Kier alpha value is -1.37. The molecule has 1 aromatic rings. The molecule has 0 aromatic heterocycles. The van der Waals surface area contributed by atoms with Crippen LogP contribution in [-0.4, -0.2) is 27.6 Å². The summed E-state index contributed by atoms with van der Waals surface area (Å²) in [5, 5.41) is 11.0. The summed E-state index contributed by atoms with van der Waals surface area (Å²) in [7, 11) is 0. The molecule has 0 saturated carbocycles. The lowest BCUT2D eigenvalue weighted by Crippen LogP contribution is -2.29. The number of thioether (sulfide) groups is 1. The van der Waals surface area contributed by atoms with Crippen molar-refractivity contribution in [1.29, 1.82) is 0 Å². The van der Waals surface area contributed by atoms with Gasteiger partial charge in [0, 0.05) is 17.5 Å². The molecular weight excluding hydrogens is 354 g/mol. The van der Waals surface area contributed by atoms with Crippen LogP contribution >= 0.6 is 35.6 Å². The van der Waals surface area contributed by atoms with Gasteiger partial charge in [-0.1, -0.05) is 54.1 Å². The number of hydrogen-bond acceptors (Lipinski definition) is 5. The van der Waals surface area contributed by atoms with Gasteiger partial charge in [0.25, 0.3) is 5.91 Å². The molecule has 0 bridgehead atoms. The number of rotatable bonds is 7. The highest BCUT2D eigenvalue weighted by Gasteiger charge is 2.31. The van der Waals surface area contributed by atoms with Crippen LogP contribution in [0.15, 0.2) is 29.2 Å². The summed E-state index contributed by atoms with van der Waals surface area (Å²) in [6.45, 7) is 0.510. The first-order valence-corrected chi connectivity index (χ1v) is 8.78. The lowest BCUT2D eigenvalue weighted by molar-refractivity contribution is -0.305. The molecule has 23 heavy (non-hydrogen) atoms. The molecule has 1 aliphatic rings. The van der Waals surface area contributed by atoms with E-state index < -0.39 is 5.97 Å². The van der Waals surface area contributed by atoms with Gasteiger partial charge < -0.3 is 9.90 Å². The first kappa shape index (κ1) is 18.0. The normalized spacial score (nSPS) is 16.4. The Bertz CT molecular complexity index is 643. The number of amides is 1. The molecule has 7 heteroatoms. The molecule has 1 amide bonds. The second-order valence-electron chi connectivity index (χ2n) is 5.07. The maximum absolute atomic E-state index is 12.4. The number of carboxylic acids is 1. The minimum atomic E-state index is -1.04. The molecule has 1 heterocycles. The predicted octanol–water partition coefficient (Wildman–Crippen LogP) is 2.85. The van der Waals surface area contributed by atoms with E-state index in [2.05, 4.69) is 0 Å². The van der Waals surface area contributed by atoms with Gasteiger partial charge in [-0.05, 0) is 43.0 Å². The van der Waals surface area contributed by atoms with Crippen molar-refractivity contribution in [2.75, 3.05) is 6.54 Å². The number of carbonyl (C=O) groups is 2. The number of carboxylic acid groups (broad SMARTS) is 1. The smallest absolute Gasteiger partial charge is 0.266 e. The van der Waals surface area contributed by atoms with Gasteiger partial charge in [0.1, 0.15) is 4.32 Å². The standard InChI is InChI=1S/C16H16ClNO3S2/c17-12-7-5-11(6-8-12)10-13-15(21)18(16(22)23-13)9-3-1-2-4-14(19)20/h5-8,10H,1-4,9H2,(H,19,20)/p-1/b13-10-. The van der Waals surface area contributed by atoms with Crippen LogP contribution in [0.2, 0.25) is 5.02 Å². The zero-order valence-electron chi connectivity index (χ0n) is 12.3. The molecule has 2 rings (SSSR count). The second-order valence-corrected chi connectivity index (χ2v) is 7.18. The van der Waals surface area contributed by atoms with E-state index in [0.29, 0.717) is 33.6 Å². The number of thiocarbonyl (C=S) groups is 1. The average Bonchev–Trinajstić information content (AvgIpc) is 2.76. The van der Waals surface area contributed by atoms with Gasteiger partial charge in [-0.3, -0.25) is 9.69 Å². The molecule has 0 aliphatic carbocycles. The zero-order chi connectivity index (χ0) is 16.8. The van der Waals surface area contributed by atoms with Crippen molar-refractivity contribution < 1.29 is 14.7 Å². The van der Waals surface area contributed by atoms with Crippen LogP contribution in [0.1, 0.15) is 31.2 Å². The second kappa shape index (κ2) is 8.47. The Morgan fingerprint density at radius 2 is 1.96 bits per heavy atom. The largest absolute Gasteiger partial charge is 0.550 e. The van der Waals surface area contributed by atoms with E-state index in [1.807, 2.05) is 12.1 Å². The summed E-state index contributed by atoms with van der Waals surface area (Å²) in [6, 6.07) is 7.22. The van der Waals surface area contributed by atoms with Crippen LogP contribution in [-0.2, 0) is 9.59 Å². The summed E-state index contributed by atoms with van der Waals surface area (Å²) in [4.78, 5) is 24.9. The lowest BCUT2D eigenvalue weighted by Gasteiger charge is -2.14. The van der Waals surface area contributed by atoms with Gasteiger partial charge in [0.05, 0.1) is 4.91 Å². The van der Waals surface area contributed by atoms with Gasteiger partial charge >= 0.3 is 0 Å². The maximum Gasteiger partial charge on any atom is 0.266 e. The fourth-order valence-corrected chi connectivity index (χ4v) is 3.55. The van der Waals surface area contributed by atoms with E-state index in [1.165, 1.54) is 11.8 Å². The van der Waals surface area contributed by atoms with Gasteiger partial charge in [-0.15, -0.1) is 0 Å². The Morgan fingerprint density at radius 3 is 2.61 bits per heavy atom. The number of nitrogens with zero attached hydrogens (tertiary/aromatic N) is 1. The number of halogens is 1. The highest BCUT2D eigenvalue weighted by Crippen LogP contribution is 2.32. The first-order valence-electron chi connectivity index (χ1n) is 7.18. The fraction of sp³-hybridized carbons (Fsp3) is 0.312. The summed E-state index contributed by atoms with van der Waals surface area (Å²) < 4.78 is 0.537. The van der Waals surface area contributed by atoms with E-state index in [0.717, 1.165) is 12.0 Å². The molecular formula is C16H15ClNO3S2-. The number of hydrogen-bond donors (Lipinski definition) is 0. The quantitative estimate of drug-likeness (QED) is 0.420. The van der Waals surface area contributed by atoms with E-state index in [4.69, 9.17) is 23.8 Å². The SMILES string of the molecule is O=C([O-])CCCCCN1C(=O)/C(=C/c2ccc(Cl)cc2)SC1=S. The molecule has 1 saturated heterocycles. The Kier molecular flexibility index (Phi) is 6.62. The van der Waals surface area contributed by atoms with Crippen LogP contribution in [0.3, 0.4) is 0 Å². The number of benzene rings is 1. The Balaban J connectivity index is 1.91. The third-order valence-corrected chi connectivity index (χ3v) is 4.93. The molecule has 1 aliphatic heterocycles. The molecule has 1 fully saturated rings. The third kappa shape index (κ3) is 5.34. The average molecular weight is 369 g/mol. The fourth-order valence-electron chi connectivity index (χ4n) is 2.12. The number of unbranched alkanes of at least 4 members (excludes halogenated alkanes) is 2. The molecule has 122 valence electrons. The summed E-state index contributed by atoms with van der Waals surface area (Å²) in [5.41, 5.74) is 0.892. The summed E-state index contributed by atoms with van der Waals surface area (Å²) in [5.74, 6) is -1.14. The maximum atomic E-state index is 12.4. The molecule has 0 radical (unpaired) electrons. The molecule has 0 spiro atoms. The van der Waals surface area contributed by atoms with Gasteiger partial charge in [-0.2, -0.15) is 0 Å². The van der Waals surface area contributed by atoms with Crippen LogP contribution in [0, 0.1) is 0 Å². The molecule has 1 aromatic carbocycles. The van der Waals surface area contributed by atoms with Crippen molar-refractivity contribution in [1.82, 2.24) is 4.90 Å². The third-order valence-electron chi connectivity index (χ3n) is 3.30. The molecule has 4 nitrogen and oxygen atoms in total. The van der Waals surface area contributed by atoms with Crippen molar-refractivity contribution in [3.8, 4) is 0 Å². The minimum Gasteiger partial charge on any atom is -0.550 e. The van der Waals surface area contributed by atoms with Crippen LogP contribution in [0.4, 0.5) is 0 Å².